The number of piperazine rings is 1. The summed E-state index contributed by atoms with van der Waals surface area (Å²) in [5.41, 5.74) is 0. The molecule has 142 valence electrons. The van der Waals surface area contributed by atoms with Crippen molar-refractivity contribution in [2.24, 2.45) is 0 Å². The fourth-order valence-electron chi connectivity index (χ4n) is 3.18. The molecule has 1 aliphatic heterocycles. The lowest BCUT2D eigenvalue weighted by atomic mass is 10.3. The van der Waals surface area contributed by atoms with E-state index in [0.29, 0.717) is 19.2 Å². The number of hydrogen-bond donors (Lipinski definition) is 0. The molecule has 2 aromatic heterocycles. The lowest BCUT2D eigenvalue weighted by Gasteiger charge is -2.34. The summed E-state index contributed by atoms with van der Waals surface area (Å²) in [6.45, 7) is 3.21. The van der Waals surface area contributed by atoms with Gasteiger partial charge in [0.25, 0.3) is 0 Å². The Morgan fingerprint density at radius 1 is 1.07 bits per heavy atom. The van der Waals surface area contributed by atoms with E-state index in [2.05, 4.69) is 9.97 Å². The van der Waals surface area contributed by atoms with Crippen molar-refractivity contribution >= 4 is 37.4 Å². The molecule has 1 saturated heterocycles. The Labute approximate surface area is 159 Å². The van der Waals surface area contributed by atoms with Crippen LogP contribution in [0.15, 0.2) is 35.5 Å². The molecule has 6 nitrogen and oxygen atoms in total. The molecule has 0 unspecified atom stereocenters. The minimum absolute atomic E-state index is 0.188. The average molecular weight is 410 g/mol. The number of aromatic nitrogens is 2. The molecule has 3 heterocycles. The van der Waals surface area contributed by atoms with Crippen molar-refractivity contribution in [1.82, 2.24) is 14.3 Å². The predicted molar refractivity (Wildman–Crippen MR) is 99.5 cm³/mol. The number of nitrogens with zero attached hydrogens (tertiary/aromatic N) is 4. The Kier molecular flexibility index (Phi) is 4.57. The molecule has 0 radical (unpaired) electrons. The van der Waals surface area contributed by atoms with Crippen LogP contribution in [0.2, 0.25) is 0 Å². The highest BCUT2D eigenvalue weighted by Gasteiger charge is 2.31. The molecule has 0 amide bonds. The number of rotatable bonds is 3. The zero-order valence-corrected chi connectivity index (χ0v) is 16.0. The number of sulfonamides is 1. The topological polar surface area (TPSA) is 66.4 Å². The van der Waals surface area contributed by atoms with Crippen LogP contribution >= 0.6 is 11.3 Å². The number of benzene rings is 1. The molecule has 0 bridgehead atoms. The van der Waals surface area contributed by atoms with Crippen LogP contribution in [0.4, 0.5) is 14.6 Å². The molecule has 1 aliphatic rings. The highest BCUT2D eigenvalue weighted by Crippen LogP contribution is 2.31. The van der Waals surface area contributed by atoms with Gasteiger partial charge in [-0.1, -0.05) is 0 Å². The normalized spacial score (nSPS) is 16.2. The molecule has 1 aromatic carbocycles. The largest absolute Gasteiger partial charge is 0.353 e. The minimum atomic E-state index is -4.02. The summed E-state index contributed by atoms with van der Waals surface area (Å²) in [6, 6.07) is 4.52. The molecule has 3 aromatic rings. The van der Waals surface area contributed by atoms with Crippen molar-refractivity contribution in [2.75, 3.05) is 31.1 Å². The molecule has 1 fully saturated rings. The number of halogens is 2. The number of anilines is 1. The van der Waals surface area contributed by atoms with Gasteiger partial charge in [0.1, 0.15) is 33.5 Å². The second kappa shape index (κ2) is 6.77. The molecular weight excluding hydrogens is 394 g/mol. The van der Waals surface area contributed by atoms with Crippen molar-refractivity contribution in [2.45, 2.75) is 11.8 Å². The third-order valence-corrected chi connectivity index (χ3v) is 7.37. The lowest BCUT2D eigenvalue weighted by molar-refractivity contribution is 0.381. The maximum Gasteiger partial charge on any atom is 0.246 e. The molecular formula is C17H16F2N4O2S2. The third kappa shape index (κ3) is 3.28. The summed E-state index contributed by atoms with van der Waals surface area (Å²) in [6.07, 6.45) is 1.50. The van der Waals surface area contributed by atoms with E-state index < -0.39 is 26.6 Å². The molecule has 0 spiro atoms. The molecule has 0 saturated carbocycles. The number of hydrogen-bond acceptors (Lipinski definition) is 6. The second-order valence-electron chi connectivity index (χ2n) is 6.24. The first-order valence-electron chi connectivity index (χ1n) is 8.27. The van der Waals surface area contributed by atoms with E-state index in [1.54, 1.807) is 11.3 Å². The van der Waals surface area contributed by atoms with Crippen molar-refractivity contribution in [1.29, 1.82) is 0 Å². The summed E-state index contributed by atoms with van der Waals surface area (Å²) >= 11 is 1.58. The van der Waals surface area contributed by atoms with E-state index >= 15 is 0 Å². The summed E-state index contributed by atoms with van der Waals surface area (Å²) in [5.74, 6) is -1.12. The first kappa shape index (κ1) is 18.2. The molecule has 0 atom stereocenters. The van der Waals surface area contributed by atoms with Crippen LogP contribution in [0, 0.1) is 18.6 Å². The van der Waals surface area contributed by atoms with Crippen LogP contribution in [0.1, 0.15) is 4.88 Å². The molecule has 4 rings (SSSR count). The van der Waals surface area contributed by atoms with Gasteiger partial charge < -0.3 is 4.90 Å². The van der Waals surface area contributed by atoms with Gasteiger partial charge in [-0.05, 0) is 25.1 Å². The Balaban J connectivity index is 1.56. The standard InChI is InChI=1S/C17H16F2N4O2S2/c1-11-8-13-16(20-10-21-17(13)26-11)22-4-6-23(7-5-22)27(24,25)15-3-2-12(18)9-14(15)19/h2-3,8-10H,4-7H2,1H3. The molecule has 27 heavy (non-hydrogen) atoms. The molecule has 0 aliphatic carbocycles. The van der Waals surface area contributed by atoms with Crippen LogP contribution < -0.4 is 4.90 Å². The van der Waals surface area contributed by atoms with E-state index in [4.69, 9.17) is 0 Å². The van der Waals surface area contributed by atoms with E-state index in [-0.39, 0.29) is 13.1 Å². The van der Waals surface area contributed by atoms with Crippen LogP contribution in [0.3, 0.4) is 0 Å². The van der Waals surface area contributed by atoms with Gasteiger partial charge in [0.05, 0.1) is 5.39 Å². The van der Waals surface area contributed by atoms with Gasteiger partial charge in [-0.2, -0.15) is 4.31 Å². The summed E-state index contributed by atoms with van der Waals surface area (Å²) in [4.78, 5) is 12.1. The minimum Gasteiger partial charge on any atom is -0.353 e. The Bertz CT molecular complexity index is 1110. The number of fused-ring (bicyclic) bond motifs is 1. The lowest BCUT2D eigenvalue weighted by Crippen LogP contribution is -2.49. The van der Waals surface area contributed by atoms with Gasteiger partial charge in [-0.25, -0.2) is 27.2 Å². The molecule has 0 N–H and O–H groups in total. The SMILES string of the molecule is Cc1cc2c(N3CCN(S(=O)(=O)c4ccc(F)cc4F)CC3)ncnc2s1. The van der Waals surface area contributed by atoms with Gasteiger partial charge >= 0.3 is 0 Å². The fourth-order valence-corrected chi connectivity index (χ4v) is 5.49. The first-order valence-corrected chi connectivity index (χ1v) is 10.5. The predicted octanol–water partition coefficient (Wildman–Crippen LogP) is 2.79. The summed E-state index contributed by atoms with van der Waals surface area (Å²) in [5, 5.41) is 0.945. The number of aryl methyl sites for hydroxylation is 1. The van der Waals surface area contributed by atoms with Crippen LogP contribution in [-0.2, 0) is 10.0 Å². The van der Waals surface area contributed by atoms with Crippen molar-refractivity contribution in [3.63, 3.8) is 0 Å². The van der Waals surface area contributed by atoms with Gasteiger partial charge in [-0.3, -0.25) is 0 Å². The second-order valence-corrected chi connectivity index (χ2v) is 9.38. The zero-order valence-electron chi connectivity index (χ0n) is 14.4. The van der Waals surface area contributed by atoms with Gasteiger partial charge in [-0.15, -0.1) is 11.3 Å². The van der Waals surface area contributed by atoms with E-state index in [1.807, 2.05) is 17.9 Å². The maximum atomic E-state index is 13.9. The third-order valence-electron chi connectivity index (χ3n) is 4.48. The first-order chi connectivity index (χ1) is 12.9. The zero-order chi connectivity index (χ0) is 19.2. The quantitative estimate of drug-likeness (QED) is 0.664. The highest BCUT2D eigenvalue weighted by atomic mass is 32.2. The van der Waals surface area contributed by atoms with Crippen molar-refractivity contribution < 1.29 is 17.2 Å². The monoisotopic (exact) mass is 410 g/mol. The molecule has 10 heteroatoms. The van der Waals surface area contributed by atoms with Crippen molar-refractivity contribution in [3.8, 4) is 0 Å². The van der Waals surface area contributed by atoms with Gasteiger partial charge in [0.2, 0.25) is 10.0 Å². The van der Waals surface area contributed by atoms with Crippen LogP contribution in [0.25, 0.3) is 10.2 Å². The Hall–Kier alpha value is -2.17. The summed E-state index contributed by atoms with van der Waals surface area (Å²) < 4.78 is 53.6. The van der Waals surface area contributed by atoms with Crippen molar-refractivity contribution in [3.05, 3.63) is 47.1 Å². The van der Waals surface area contributed by atoms with Gasteiger partial charge in [0, 0.05) is 37.1 Å². The van der Waals surface area contributed by atoms with Crippen LogP contribution in [-0.4, -0.2) is 48.9 Å². The fraction of sp³-hybridized carbons (Fsp3) is 0.294. The highest BCUT2D eigenvalue weighted by molar-refractivity contribution is 7.89. The smallest absolute Gasteiger partial charge is 0.246 e. The van der Waals surface area contributed by atoms with E-state index in [1.165, 1.54) is 10.6 Å². The Morgan fingerprint density at radius 3 is 2.52 bits per heavy atom. The summed E-state index contributed by atoms with van der Waals surface area (Å²) in [7, 11) is -4.02. The number of thiophene rings is 1. The maximum absolute atomic E-state index is 13.9. The van der Waals surface area contributed by atoms with Crippen LogP contribution in [0.5, 0.6) is 0 Å². The van der Waals surface area contributed by atoms with E-state index in [0.717, 1.165) is 33.0 Å². The van der Waals surface area contributed by atoms with Gasteiger partial charge in [0.15, 0.2) is 0 Å². The average Bonchev–Trinajstić information content (AvgIpc) is 3.01. The van der Waals surface area contributed by atoms with E-state index in [9.17, 15) is 17.2 Å². The Morgan fingerprint density at radius 2 is 1.81 bits per heavy atom.